The molecule has 0 spiro atoms. The van der Waals surface area contributed by atoms with Gasteiger partial charge in [0.05, 0.1) is 11.9 Å². The molecular formula is C24H20N8O3. The van der Waals surface area contributed by atoms with E-state index in [1.807, 2.05) is 48.5 Å². The lowest BCUT2D eigenvalue weighted by Gasteiger charge is -2.09. The van der Waals surface area contributed by atoms with Gasteiger partial charge in [-0.15, -0.1) is 5.10 Å². The highest BCUT2D eigenvalue weighted by molar-refractivity contribution is 5.95. The Kier molecular flexibility index (Phi) is 5.87. The summed E-state index contributed by atoms with van der Waals surface area (Å²) < 4.78 is 11.7. The molecule has 0 fully saturated rings. The molecule has 0 aliphatic carbocycles. The number of hydrogen-bond acceptors (Lipinski definition) is 9. The fourth-order valence-corrected chi connectivity index (χ4v) is 3.59. The SMILES string of the molecule is Cc1nnn(-c2nonc2N)c1C(=O)NN=Cc1cccc(OCc2cccc3ccccc23)c1. The van der Waals surface area contributed by atoms with E-state index in [9.17, 15) is 4.79 Å². The lowest BCUT2D eigenvalue weighted by Crippen LogP contribution is -2.22. The number of nitrogens with zero attached hydrogens (tertiary/aromatic N) is 6. The first-order valence-electron chi connectivity index (χ1n) is 10.6. The number of rotatable bonds is 7. The van der Waals surface area contributed by atoms with Gasteiger partial charge in [-0.2, -0.15) is 9.78 Å². The normalized spacial score (nSPS) is 11.2. The molecule has 174 valence electrons. The van der Waals surface area contributed by atoms with Crippen molar-refractivity contribution in [3.05, 3.63) is 89.2 Å². The van der Waals surface area contributed by atoms with Crippen LogP contribution >= 0.6 is 0 Å². The summed E-state index contributed by atoms with van der Waals surface area (Å²) in [6.45, 7) is 2.05. The zero-order valence-electron chi connectivity index (χ0n) is 18.6. The number of hydrogen-bond donors (Lipinski definition) is 2. The molecular weight excluding hydrogens is 448 g/mol. The molecule has 0 saturated heterocycles. The Balaban J connectivity index is 1.26. The second kappa shape index (κ2) is 9.43. The molecule has 0 bridgehead atoms. The van der Waals surface area contributed by atoms with E-state index in [0.717, 1.165) is 21.2 Å². The van der Waals surface area contributed by atoms with Crippen molar-refractivity contribution in [1.29, 1.82) is 0 Å². The van der Waals surface area contributed by atoms with Gasteiger partial charge in [0, 0.05) is 0 Å². The number of ether oxygens (including phenoxy) is 1. The zero-order valence-corrected chi connectivity index (χ0v) is 18.6. The van der Waals surface area contributed by atoms with E-state index < -0.39 is 5.91 Å². The third-order valence-corrected chi connectivity index (χ3v) is 5.26. The summed E-state index contributed by atoms with van der Waals surface area (Å²) >= 11 is 0. The van der Waals surface area contributed by atoms with Crippen molar-refractivity contribution in [2.45, 2.75) is 13.5 Å². The van der Waals surface area contributed by atoms with E-state index in [-0.39, 0.29) is 17.3 Å². The number of fused-ring (bicyclic) bond motifs is 1. The topological polar surface area (TPSA) is 146 Å². The maximum absolute atomic E-state index is 12.7. The number of carbonyl (C=O) groups is 1. The van der Waals surface area contributed by atoms with Crippen LogP contribution in [-0.4, -0.2) is 37.4 Å². The van der Waals surface area contributed by atoms with Crippen molar-refractivity contribution < 1.29 is 14.2 Å². The average molecular weight is 468 g/mol. The van der Waals surface area contributed by atoms with E-state index >= 15 is 0 Å². The Hall–Kier alpha value is -5.06. The van der Waals surface area contributed by atoms with Gasteiger partial charge in [0.1, 0.15) is 12.4 Å². The molecule has 3 aromatic carbocycles. The molecule has 11 nitrogen and oxygen atoms in total. The summed E-state index contributed by atoms with van der Waals surface area (Å²) in [7, 11) is 0. The highest BCUT2D eigenvalue weighted by atomic mass is 16.6. The molecule has 0 unspecified atom stereocenters. The van der Waals surface area contributed by atoms with E-state index in [2.05, 4.69) is 54.0 Å². The number of aromatic nitrogens is 5. The molecule has 1 amide bonds. The van der Waals surface area contributed by atoms with Gasteiger partial charge in [-0.1, -0.05) is 59.8 Å². The summed E-state index contributed by atoms with van der Waals surface area (Å²) in [4.78, 5) is 12.7. The van der Waals surface area contributed by atoms with Crippen molar-refractivity contribution in [3.63, 3.8) is 0 Å². The van der Waals surface area contributed by atoms with Crippen LogP contribution in [0.5, 0.6) is 5.75 Å². The summed E-state index contributed by atoms with van der Waals surface area (Å²) in [5.41, 5.74) is 10.5. The molecule has 0 aliphatic heterocycles. The van der Waals surface area contributed by atoms with Crippen molar-refractivity contribution in [1.82, 2.24) is 30.7 Å². The first-order chi connectivity index (χ1) is 17.1. The van der Waals surface area contributed by atoms with Crippen molar-refractivity contribution >= 4 is 28.7 Å². The zero-order chi connectivity index (χ0) is 24.2. The fourth-order valence-electron chi connectivity index (χ4n) is 3.59. The van der Waals surface area contributed by atoms with Gasteiger partial charge in [0.2, 0.25) is 11.6 Å². The van der Waals surface area contributed by atoms with Crippen LogP contribution in [0.15, 0.2) is 76.5 Å². The molecule has 3 N–H and O–H groups in total. The van der Waals surface area contributed by atoms with Gasteiger partial charge in [0.15, 0.2) is 5.69 Å². The molecule has 2 aromatic heterocycles. The van der Waals surface area contributed by atoms with Gasteiger partial charge in [0.25, 0.3) is 5.91 Å². The maximum Gasteiger partial charge on any atom is 0.292 e. The van der Waals surface area contributed by atoms with Crippen molar-refractivity contribution in [2.24, 2.45) is 5.10 Å². The molecule has 0 saturated carbocycles. The molecule has 35 heavy (non-hydrogen) atoms. The van der Waals surface area contributed by atoms with E-state index in [1.54, 1.807) is 6.92 Å². The first-order valence-corrected chi connectivity index (χ1v) is 10.6. The third kappa shape index (κ3) is 4.55. The monoisotopic (exact) mass is 468 g/mol. The molecule has 0 radical (unpaired) electrons. The summed E-state index contributed by atoms with van der Waals surface area (Å²) in [6.07, 6.45) is 1.51. The summed E-state index contributed by atoms with van der Waals surface area (Å²) in [5.74, 6) is 0.179. The van der Waals surface area contributed by atoms with Crippen LogP contribution in [0.1, 0.15) is 27.3 Å². The summed E-state index contributed by atoms with van der Waals surface area (Å²) in [5, 5.41) is 21.3. The molecule has 11 heteroatoms. The number of amides is 1. The van der Waals surface area contributed by atoms with Gasteiger partial charge in [-0.05, 0) is 51.3 Å². The second-order valence-electron chi connectivity index (χ2n) is 7.61. The van der Waals surface area contributed by atoms with Crippen molar-refractivity contribution in [3.8, 4) is 11.6 Å². The largest absolute Gasteiger partial charge is 0.489 e. The summed E-state index contributed by atoms with van der Waals surface area (Å²) in [6, 6.07) is 21.7. The van der Waals surface area contributed by atoms with Gasteiger partial charge in [-0.25, -0.2) is 10.1 Å². The van der Waals surface area contributed by atoms with E-state index in [0.29, 0.717) is 18.1 Å². The standard InChI is InChI=1S/C24H20N8O3/c1-15-21(32(31-27-15)23-22(25)29-35-30-23)24(33)28-26-13-16-6-4-10-19(12-16)34-14-18-9-5-8-17-7-2-3-11-20(17)18/h2-13H,14H2,1H3,(H2,25,29)(H,28,33). The van der Waals surface area contributed by atoms with E-state index in [4.69, 9.17) is 10.5 Å². The van der Waals surface area contributed by atoms with Gasteiger partial charge < -0.3 is 10.5 Å². The predicted octanol–water partition coefficient (Wildman–Crippen LogP) is 3.04. The van der Waals surface area contributed by atoms with Crippen LogP contribution in [0.3, 0.4) is 0 Å². The Morgan fingerprint density at radius 3 is 2.83 bits per heavy atom. The second-order valence-corrected chi connectivity index (χ2v) is 7.61. The lowest BCUT2D eigenvalue weighted by atomic mass is 10.1. The van der Waals surface area contributed by atoms with Gasteiger partial charge in [-0.3, -0.25) is 4.79 Å². The molecule has 0 atom stereocenters. The molecule has 5 aromatic rings. The lowest BCUT2D eigenvalue weighted by molar-refractivity contribution is 0.0946. The number of benzene rings is 3. The number of aryl methyl sites for hydroxylation is 1. The minimum atomic E-state index is -0.547. The Bertz CT molecular complexity index is 1530. The minimum absolute atomic E-state index is 0.0206. The number of nitrogens with two attached hydrogens (primary N) is 1. The quantitative estimate of drug-likeness (QED) is 0.274. The van der Waals surface area contributed by atoms with Crippen LogP contribution in [0, 0.1) is 6.92 Å². The number of hydrazone groups is 1. The molecule has 0 aliphatic rings. The van der Waals surface area contributed by atoms with E-state index in [1.165, 1.54) is 11.6 Å². The smallest absolute Gasteiger partial charge is 0.292 e. The van der Waals surface area contributed by atoms with Crippen LogP contribution in [-0.2, 0) is 6.61 Å². The average Bonchev–Trinajstić information content (AvgIpc) is 3.47. The third-order valence-electron chi connectivity index (χ3n) is 5.26. The van der Waals surface area contributed by atoms with Crippen LogP contribution in [0.2, 0.25) is 0 Å². The number of anilines is 1. The Morgan fingerprint density at radius 2 is 1.97 bits per heavy atom. The van der Waals surface area contributed by atoms with Gasteiger partial charge >= 0.3 is 0 Å². The Labute approximate surface area is 199 Å². The number of nitrogen functional groups attached to an aromatic ring is 1. The Morgan fingerprint density at radius 1 is 1.14 bits per heavy atom. The predicted molar refractivity (Wildman–Crippen MR) is 128 cm³/mol. The highest BCUT2D eigenvalue weighted by Crippen LogP contribution is 2.21. The molecule has 5 rings (SSSR count). The fraction of sp³-hybridized carbons (Fsp3) is 0.0833. The first kappa shape index (κ1) is 21.8. The molecule has 2 heterocycles. The number of carbonyl (C=O) groups excluding carboxylic acids is 1. The van der Waals surface area contributed by atoms with Crippen LogP contribution < -0.4 is 15.9 Å². The van der Waals surface area contributed by atoms with Crippen LogP contribution in [0.4, 0.5) is 5.82 Å². The minimum Gasteiger partial charge on any atom is -0.489 e. The van der Waals surface area contributed by atoms with Crippen molar-refractivity contribution in [2.75, 3.05) is 5.73 Å². The number of nitrogens with one attached hydrogen (secondary N) is 1. The van der Waals surface area contributed by atoms with Crippen LogP contribution in [0.25, 0.3) is 16.6 Å². The maximum atomic E-state index is 12.7. The highest BCUT2D eigenvalue weighted by Gasteiger charge is 2.22.